The van der Waals surface area contributed by atoms with Crippen LogP contribution in [-0.4, -0.2) is 67.2 Å². The van der Waals surface area contributed by atoms with Gasteiger partial charge in [-0.3, -0.25) is 9.69 Å². The monoisotopic (exact) mass is 241 g/mol. The van der Waals surface area contributed by atoms with Crippen LogP contribution in [0.2, 0.25) is 0 Å². The van der Waals surface area contributed by atoms with Crippen LogP contribution in [-0.2, 0) is 9.53 Å². The first-order chi connectivity index (χ1) is 8.16. The fourth-order valence-corrected chi connectivity index (χ4v) is 2.52. The topological polar surface area (TPSA) is 58.8 Å². The summed E-state index contributed by atoms with van der Waals surface area (Å²) >= 11 is 0. The molecule has 98 valence electrons. The van der Waals surface area contributed by atoms with Crippen molar-refractivity contribution in [3.8, 4) is 0 Å². The fraction of sp³-hybridized carbons (Fsp3) is 0.917. The molecule has 2 saturated heterocycles. The Bertz CT molecular complexity index is 256. The second-order valence-electron chi connectivity index (χ2n) is 5.05. The predicted octanol–water partition coefficient (Wildman–Crippen LogP) is -0.343. The van der Waals surface area contributed by atoms with Gasteiger partial charge in [-0.05, 0) is 19.8 Å². The minimum Gasteiger partial charge on any atom is -0.377 e. The molecule has 2 N–H and O–H groups in total. The lowest BCUT2D eigenvalue weighted by Gasteiger charge is -2.36. The van der Waals surface area contributed by atoms with E-state index in [9.17, 15) is 4.79 Å². The van der Waals surface area contributed by atoms with E-state index in [1.165, 1.54) is 12.8 Å². The average molecular weight is 241 g/mol. The standard InChI is InChI=1S/C12H23N3O2/c1-10(13)12(16)15-6-4-14(5-7-15)9-11-3-2-8-17-11/h10-11H,2-9,13H2,1H3/t10-,11-/m1/s1. The van der Waals surface area contributed by atoms with Gasteiger partial charge in [0.2, 0.25) is 5.91 Å². The number of carbonyl (C=O) groups is 1. The van der Waals surface area contributed by atoms with E-state index < -0.39 is 0 Å². The van der Waals surface area contributed by atoms with Gasteiger partial charge in [-0.2, -0.15) is 0 Å². The van der Waals surface area contributed by atoms with Crippen molar-refractivity contribution in [3.05, 3.63) is 0 Å². The summed E-state index contributed by atoms with van der Waals surface area (Å²) in [5.41, 5.74) is 5.61. The molecular formula is C12H23N3O2. The van der Waals surface area contributed by atoms with E-state index in [-0.39, 0.29) is 11.9 Å². The number of nitrogens with two attached hydrogens (primary N) is 1. The van der Waals surface area contributed by atoms with Gasteiger partial charge < -0.3 is 15.4 Å². The van der Waals surface area contributed by atoms with Crippen molar-refractivity contribution in [1.82, 2.24) is 9.80 Å². The normalized spacial score (nSPS) is 28.4. The molecule has 0 aromatic heterocycles. The predicted molar refractivity (Wildman–Crippen MR) is 65.6 cm³/mol. The summed E-state index contributed by atoms with van der Waals surface area (Å²) in [6.07, 6.45) is 2.78. The third-order valence-electron chi connectivity index (χ3n) is 3.56. The number of nitrogens with zero attached hydrogens (tertiary/aromatic N) is 2. The first-order valence-electron chi connectivity index (χ1n) is 6.55. The van der Waals surface area contributed by atoms with Crippen LogP contribution in [0.4, 0.5) is 0 Å². The number of hydrogen-bond donors (Lipinski definition) is 1. The lowest BCUT2D eigenvalue weighted by atomic mass is 10.2. The summed E-state index contributed by atoms with van der Waals surface area (Å²) < 4.78 is 5.63. The molecule has 17 heavy (non-hydrogen) atoms. The Morgan fingerprint density at radius 2 is 2.12 bits per heavy atom. The Hall–Kier alpha value is -0.650. The van der Waals surface area contributed by atoms with Gasteiger partial charge >= 0.3 is 0 Å². The molecule has 5 heteroatoms. The van der Waals surface area contributed by atoms with Crippen LogP contribution in [0, 0.1) is 0 Å². The third kappa shape index (κ3) is 3.40. The van der Waals surface area contributed by atoms with Crippen molar-refractivity contribution < 1.29 is 9.53 Å². The molecule has 2 atom stereocenters. The Balaban J connectivity index is 1.72. The third-order valence-corrected chi connectivity index (χ3v) is 3.56. The molecule has 5 nitrogen and oxygen atoms in total. The molecule has 0 aromatic carbocycles. The van der Waals surface area contributed by atoms with Crippen LogP contribution in [0.1, 0.15) is 19.8 Å². The van der Waals surface area contributed by atoms with Crippen molar-refractivity contribution in [1.29, 1.82) is 0 Å². The van der Waals surface area contributed by atoms with Crippen molar-refractivity contribution >= 4 is 5.91 Å². The number of carbonyl (C=O) groups excluding carboxylic acids is 1. The molecule has 0 unspecified atom stereocenters. The summed E-state index contributed by atoms with van der Waals surface area (Å²) in [6.45, 7) is 7.16. The largest absolute Gasteiger partial charge is 0.377 e. The van der Waals surface area contributed by atoms with Gasteiger partial charge in [-0.1, -0.05) is 0 Å². The van der Waals surface area contributed by atoms with Gasteiger partial charge in [0, 0.05) is 39.3 Å². The van der Waals surface area contributed by atoms with Gasteiger partial charge in [-0.15, -0.1) is 0 Å². The Morgan fingerprint density at radius 3 is 2.65 bits per heavy atom. The highest BCUT2D eigenvalue weighted by Crippen LogP contribution is 2.14. The van der Waals surface area contributed by atoms with E-state index in [4.69, 9.17) is 10.5 Å². The zero-order chi connectivity index (χ0) is 12.3. The van der Waals surface area contributed by atoms with Crippen LogP contribution >= 0.6 is 0 Å². The van der Waals surface area contributed by atoms with Crippen molar-refractivity contribution in [2.75, 3.05) is 39.3 Å². The maximum absolute atomic E-state index is 11.7. The molecule has 0 bridgehead atoms. The number of hydrogen-bond acceptors (Lipinski definition) is 4. The quantitative estimate of drug-likeness (QED) is 0.734. The fourth-order valence-electron chi connectivity index (χ4n) is 2.52. The van der Waals surface area contributed by atoms with Crippen LogP contribution < -0.4 is 5.73 Å². The van der Waals surface area contributed by atoms with Gasteiger partial charge in [-0.25, -0.2) is 0 Å². The van der Waals surface area contributed by atoms with E-state index in [1.807, 2.05) is 4.90 Å². The maximum atomic E-state index is 11.7. The van der Waals surface area contributed by atoms with Gasteiger partial charge in [0.1, 0.15) is 0 Å². The second-order valence-corrected chi connectivity index (χ2v) is 5.05. The van der Waals surface area contributed by atoms with Gasteiger partial charge in [0.15, 0.2) is 0 Å². The van der Waals surface area contributed by atoms with Crippen LogP contribution in [0.5, 0.6) is 0 Å². The van der Waals surface area contributed by atoms with E-state index in [0.29, 0.717) is 6.10 Å². The molecule has 0 spiro atoms. The molecule has 0 radical (unpaired) electrons. The van der Waals surface area contributed by atoms with Gasteiger partial charge in [0.05, 0.1) is 12.1 Å². The molecule has 2 aliphatic heterocycles. The minimum absolute atomic E-state index is 0.0711. The molecule has 0 aromatic rings. The molecule has 0 aliphatic carbocycles. The van der Waals surface area contributed by atoms with E-state index >= 15 is 0 Å². The number of rotatable bonds is 3. The molecule has 2 aliphatic rings. The lowest BCUT2D eigenvalue weighted by molar-refractivity contribution is -0.134. The van der Waals surface area contributed by atoms with Crippen LogP contribution in [0.3, 0.4) is 0 Å². The van der Waals surface area contributed by atoms with E-state index in [2.05, 4.69) is 4.90 Å². The summed E-state index contributed by atoms with van der Waals surface area (Å²) in [7, 11) is 0. The summed E-state index contributed by atoms with van der Waals surface area (Å²) in [5, 5.41) is 0. The molecule has 0 saturated carbocycles. The van der Waals surface area contributed by atoms with E-state index in [0.717, 1.165) is 39.3 Å². The van der Waals surface area contributed by atoms with Crippen LogP contribution in [0.15, 0.2) is 0 Å². The zero-order valence-electron chi connectivity index (χ0n) is 10.6. The highest BCUT2D eigenvalue weighted by molar-refractivity contribution is 5.81. The van der Waals surface area contributed by atoms with Gasteiger partial charge in [0.25, 0.3) is 0 Å². The summed E-state index contributed by atoms with van der Waals surface area (Å²) in [4.78, 5) is 16.0. The van der Waals surface area contributed by atoms with Crippen molar-refractivity contribution in [2.24, 2.45) is 5.73 Å². The molecule has 2 heterocycles. The molecule has 1 amide bonds. The minimum atomic E-state index is -0.375. The van der Waals surface area contributed by atoms with E-state index in [1.54, 1.807) is 6.92 Å². The number of piperazine rings is 1. The maximum Gasteiger partial charge on any atom is 0.239 e. The van der Waals surface area contributed by atoms with Crippen molar-refractivity contribution in [3.63, 3.8) is 0 Å². The Kier molecular flexibility index (Phi) is 4.36. The lowest BCUT2D eigenvalue weighted by Crippen LogP contribution is -2.53. The average Bonchev–Trinajstić information content (AvgIpc) is 2.82. The highest BCUT2D eigenvalue weighted by Gasteiger charge is 2.25. The zero-order valence-corrected chi connectivity index (χ0v) is 10.6. The molecular weight excluding hydrogens is 218 g/mol. The van der Waals surface area contributed by atoms with Crippen LogP contribution in [0.25, 0.3) is 0 Å². The Labute approximate surface area is 103 Å². The summed E-state index contributed by atoms with van der Waals surface area (Å²) in [5.74, 6) is 0.0711. The number of amides is 1. The Morgan fingerprint density at radius 1 is 1.41 bits per heavy atom. The molecule has 2 fully saturated rings. The highest BCUT2D eigenvalue weighted by atomic mass is 16.5. The first kappa shape index (κ1) is 12.8. The van der Waals surface area contributed by atoms with Crippen molar-refractivity contribution in [2.45, 2.75) is 31.9 Å². The first-order valence-corrected chi connectivity index (χ1v) is 6.55. The summed E-state index contributed by atoms with van der Waals surface area (Å²) in [6, 6.07) is -0.375. The number of ether oxygens (including phenoxy) is 1. The molecule has 2 rings (SSSR count). The second kappa shape index (κ2) is 5.80. The smallest absolute Gasteiger partial charge is 0.239 e. The SMILES string of the molecule is C[C@@H](N)C(=O)N1CCN(C[C@H]2CCCO2)CC1.